The fourth-order valence-electron chi connectivity index (χ4n) is 1.94. The van der Waals surface area contributed by atoms with E-state index < -0.39 is 0 Å². The second-order valence-electron chi connectivity index (χ2n) is 4.47. The van der Waals surface area contributed by atoms with Gasteiger partial charge in [-0.1, -0.05) is 19.8 Å². The maximum atomic E-state index is 11.2. The molecule has 0 aliphatic heterocycles. The summed E-state index contributed by atoms with van der Waals surface area (Å²) in [5, 5.41) is 0. The number of benzene rings is 1. The van der Waals surface area contributed by atoms with Crippen molar-refractivity contribution in [2.75, 3.05) is 6.16 Å². The number of unbranched alkanes of at least 4 members (excludes halogenated alkanes) is 1. The Labute approximate surface area is 117 Å². The summed E-state index contributed by atoms with van der Waals surface area (Å²) in [5.74, 6) is 0. The van der Waals surface area contributed by atoms with Crippen molar-refractivity contribution in [1.29, 1.82) is 0 Å². The molecule has 1 rings (SSSR count). The van der Waals surface area contributed by atoms with E-state index in [9.17, 15) is 4.79 Å². The zero-order chi connectivity index (χ0) is 13.4. The molecule has 1 aromatic rings. The molecule has 0 spiro atoms. The minimum atomic E-state index is 0.157. The molecule has 0 bridgehead atoms. The van der Waals surface area contributed by atoms with Gasteiger partial charge in [0, 0.05) is 0 Å². The molecule has 0 fully saturated rings. The molecule has 0 radical (unpaired) electrons. The SMILES string of the molecule is CCCCP.[Li][C](=O)c1c(C)cc(C)cc1C. The Bertz CT molecular complexity index is 349. The predicted molar refractivity (Wildman–Crippen MR) is 80.2 cm³/mol. The zero-order valence-corrected chi connectivity index (χ0v) is 12.9. The van der Waals surface area contributed by atoms with Crippen LogP contribution in [0.4, 0.5) is 0 Å². The fraction of sp³-hybridized carbons (Fsp3) is 0.500. The maximum absolute atomic E-state index is 11.2. The van der Waals surface area contributed by atoms with E-state index in [0.29, 0.717) is 0 Å². The summed E-state index contributed by atoms with van der Waals surface area (Å²) < 4.78 is 0.157. The van der Waals surface area contributed by atoms with Gasteiger partial charge in [-0.15, -0.1) is 9.24 Å². The Kier molecular flexibility index (Phi) is 8.89. The van der Waals surface area contributed by atoms with E-state index in [0.717, 1.165) is 16.7 Å². The van der Waals surface area contributed by atoms with Gasteiger partial charge >= 0.3 is 82.1 Å². The third-order valence-electron chi connectivity index (χ3n) is 2.59. The second kappa shape index (κ2) is 8.93. The van der Waals surface area contributed by atoms with Gasteiger partial charge in [-0.3, -0.25) is 0 Å². The molecule has 1 unspecified atom stereocenters. The van der Waals surface area contributed by atoms with Crippen LogP contribution in [0.5, 0.6) is 0 Å². The van der Waals surface area contributed by atoms with E-state index in [1.165, 1.54) is 24.6 Å². The summed E-state index contributed by atoms with van der Waals surface area (Å²) in [6, 6.07) is 4.09. The second-order valence-corrected chi connectivity index (χ2v) is 5.05. The Morgan fingerprint density at radius 2 is 1.71 bits per heavy atom. The van der Waals surface area contributed by atoms with Crippen LogP contribution in [-0.2, 0) is 0 Å². The summed E-state index contributed by atoms with van der Waals surface area (Å²) in [4.78, 5) is 11.2. The van der Waals surface area contributed by atoms with Crippen molar-refractivity contribution in [3.8, 4) is 0 Å². The van der Waals surface area contributed by atoms with E-state index in [1.807, 2.05) is 32.9 Å². The van der Waals surface area contributed by atoms with Crippen LogP contribution in [0, 0.1) is 20.8 Å². The predicted octanol–water partition coefficient (Wildman–Crippen LogP) is 3.58. The van der Waals surface area contributed by atoms with Crippen LogP contribution >= 0.6 is 9.24 Å². The molecular formula is C14H22LiOP. The summed E-state index contributed by atoms with van der Waals surface area (Å²) in [7, 11) is 2.70. The van der Waals surface area contributed by atoms with Gasteiger partial charge in [0.2, 0.25) is 0 Å². The van der Waals surface area contributed by atoms with Crippen molar-refractivity contribution < 1.29 is 4.79 Å². The van der Waals surface area contributed by atoms with Crippen LogP contribution in [0.1, 0.15) is 46.8 Å². The molecule has 1 atom stereocenters. The number of carbonyl (C=O) groups is 1. The summed E-state index contributed by atoms with van der Waals surface area (Å²) in [5.41, 5.74) is 4.26. The summed E-state index contributed by atoms with van der Waals surface area (Å²) in [6.45, 7) is 8.21. The van der Waals surface area contributed by atoms with Gasteiger partial charge < -0.3 is 0 Å². The van der Waals surface area contributed by atoms with E-state index in [2.05, 4.69) is 16.2 Å². The van der Waals surface area contributed by atoms with Crippen molar-refractivity contribution in [3.05, 3.63) is 34.4 Å². The number of hydrogen-bond donors (Lipinski definition) is 0. The number of aryl methyl sites for hydroxylation is 3. The van der Waals surface area contributed by atoms with Gasteiger partial charge in [0.25, 0.3) is 0 Å². The molecule has 0 heterocycles. The van der Waals surface area contributed by atoms with Crippen molar-refractivity contribution in [2.45, 2.75) is 40.5 Å². The first kappa shape index (κ1) is 16.9. The van der Waals surface area contributed by atoms with Crippen LogP contribution < -0.4 is 0 Å². The number of rotatable bonds is 3. The van der Waals surface area contributed by atoms with Crippen LogP contribution in [-0.4, -0.2) is 28.3 Å². The van der Waals surface area contributed by atoms with Crippen LogP contribution in [0.2, 0.25) is 0 Å². The average molecular weight is 244 g/mol. The Hall–Kier alpha value is -0.0826. The van der Waals surface area contributed by atoms with E-state index in [1.54, 1.807) is 17.7 Å². The summed E-state index contributed by atoms with van der Waals surface area (Å²) in [6.07, 6.45) is 3.94. The molecule has 1 aromatic carbocycles. The molecular weight excluding hydrogens is 222 g/mol. The molecule has 90 valence electrons. The van der Waals surface area contributed by atoms with Gasteiger partial charge in [0.15, 0.2) is 0 Å². The first-order chi connectivity index (χ1) is 7.93. The standard InChI is InChI=1S/C10H11O.C4H11P.Li/c1-7-4-8(2)10(6-11)9(3)5-7;1-2-3-4-5;/h4-5H,1-3H3;2-5H2,1H3;. The molecule has 17 heavy (non-hydrogen) atoms. The monoisotopic (exact) mass is 244 g/mol. The summed E-state index contributed by atoms with van der Waals surface area (Å²) >= 11 is 1.62. The van der Waals surface area contributed by atoms with Crippen molar-refractivity contribution in [2.24, 2.45) is 0 Å². The quantitative estimate of drug-likeness (QED) is 0.586. The van der Waals surface area contributed by atoms with Crippen LogP contribution in [0.3, 0.4) is 0 Å². The third kappa shape index (κ3) is 6.42. The van der Waals surface area contributed by atoms with Crippen LogP contribution in [0.15, 0.2) is 12.1 Å². The molecule has 0 amide bonds. The van der Waals surface area contributed by atoms with Crippen molar-refractivity contribution in [3.63, 3.8) is 0 Å². The molecule has 0 aliphatic carbocycles. The number of hydrogen-bond acceptors (Lipinski definition) is 1. The van der Waals surface area contributed by atoms with Crippen molar-refractivity contribution in [1.82, 2.24) is 0 Å². The molecule has 1 nitrogen and oxygen atoms in total. The van der Waals surface area contributed by atoms with Gasteiger partial charge in [-0.2, -0.15) is 0 Å². The zero-order valence-electron chi connectivity index (χ0n) is 11.8. The van der Waals surface area contributed by atoms with Gasteiger partial charge in [-0.05, 0) is 6.16 Å². The van der Waals surface area contributed by atoms with Gasteiger partial charge in [0.05, 0.1) is 0 Å². The molecule has 0 aromatic heterocycles. The number of carbonyl (C=O) groups excluding carboxylic acids is 1. The average Bonchev–Trinajstić information content (AvgIpc) is 2.17. The van der Waals surface area contributed by atoms with Crippen molar-refractivity contribution >= 4 is 31.4 Å². The van der Waals surface area contributed by atoms with E-state index in [4.69, 9.17) is 0 Å². The third-order valence-corrected chi connectivity index (χ3v) is 3.00. The van der Waals surface area contributed by atoms with Crippen LogP contribution in [0.25, 0.3) is 0 Å². The molecule has 3 heteroatoms. The molecule has 0 saturated heterocycles. The molecule has 0 aliphatic rings. The Balaban J connectivity index is 0.000000437. The Morgan fingerprint density at radius 1 is 1.24 bits per heavy atom. The normalized spacial score (nSPS) is 9.59. The first-order valence-electron chi connectivity index (χ1n) is 6.22. The van der Waals surface area contributed by atoms with E-state index >= 15 is 0 Å². The minimum absolute atomic E-state index is 0.157. The van der Waals surface area contributed by atoms with E-state index in [-0.39, 0.29) is 4.46 Å². The molecule has 0 N–H and O–H groups in total. The Morgan fingerprint density at radius 3 is 1.94 bits per heavy atom. The first-order valence-corrected chi connectivity index (χ1v) is 7.04. The topological polar surface area (TPSA) is 17.1 Å². The van der Waals surface area contributed by atoms with Gasteiger partial charge in [0.1, 0.15) is 0 Å². The molecule has 0 saturated carbocycles. The fourth-order valence-corrected chi connectivity index (χ4v) is 2.35. The van der Waals surface area contributed by atoms with Gasteiger partial charge in [-0.25, -0.2) is 0 Å².